The Hall–Kier alpha value is -0.860. The molecule has 0 aliphatic heterocycles. The SMILES string of the molecule is CC(C)CC(C)NOCc1ccccc1. The molecule has 2 nitrogen and oxygen atoms in total. The zero-order valence-corrected chi connectivity index (χ0v) is 9.86. The average Bonchev–Trinajstić information content (AvgIpc) is 2.18. The molecule has 0 saturated carbocycles. The second-order valence-electron chi connectivity index (χ2n) is 4.42. The fourth-order valence-corrected chi connectivity index (χ4v) is 1.60. The first kappa shape index (κ1) is 12.2. The maximum Gasteiger partial charge on any atom is 0.0933 e. The van der Waals surface area contributed by atoms with Crippen LogP contribution in [-0.4, -0.2) is 6.04 Å². The highest BCUT2D eigenvalue weighted by molar-refractivity contribution is 5.13. The van der Waals surface area contributed by atoms with Crippen molar-refractivity contribution in [3.05, 3.63) is 35.9 Å². The van der Waals surface area contributed by atoms with E-state index in [0.717, 1.165) is 6.42 Å². The number of nitrogens with one attached hydrogen (secondary N) is 1. The first-order chi connectivity index (χ1) is 7.18. The van der Waals surface area contributed by atoms with E-state index in [0.29, 0.717) is 18.6 Å². The highest BCUT2D eigenvalue weighted by Crippen LogP contribution is 2.04. The standard InChI is InChI=1S/C13H21NO/c1-11(2)9-12(3)14-15-10-13-7-5-4-6-8-13/h4-8,11-12,14H,9-10H2,1-3H3. The summed E-state index contributed by atoms with van der Waals surface area (Å²) >= 11 is 0. The number of benzene rings is 1. The fourth-order valence-electron chi connectivity index (χ4n) is 1.60. The maximum atomic E-state index is 5.43. The molecule has 0 bridgehead atoms. The summed E-state index contributed by atoms with van der Waals surface area (Å²) < 4.78 is 0. The number of hydroxylamine groups is 1. The molecule has 1 aromatic rings. The highest BCUT2D eigenvalue weighted by atomic mass is 16.6. The summed E-state index contributed by atoms with van der Waals surface area (Å²) in [6.45, 7) is 7.21. The van der Waals surface area contributed by atoms with E-state index in [1.54, 1.807) is 0 Å². The van der Waals surface area contributed by atoms with Crippen molar-refractivity contribution in [2.75, 3.05) is 0 Å². The molecular weight excluding hydrogens is 186 g/mol. The Balaban J connectivity index is 2.16. The van der Waals surface area contributed by atoms with E-state index in [-0.39, 0.29) is 0 Å². The quantitative estimate of drug-likeness (QED) is 0.724. The molecule has 0 radical (unpaired) electrons. The van der Waals surface area contributed by atoms with E-state index in [9.17, 15) is 0 Å². The monoisotopic (exact) mass is 207 g/mol. The molecule has 0 saturated heterocycles. The second kappa shape index (κ2) is 6.59. The van der Waals surface area contributed by atoms with Crippen LogP contribution in [-0.2, 0) is 11.4 Å². The Bertz CT molecular complexity index is 258. The zero-order valence-electron chi connectivity index (χ0n) is 9.86. The molecule has 1 unspecified atom stereocenters. The van der Waals surface area contributed by atoms with Crippen molar-refractivity contribution in [1.29, 1.82) is 0 Å². The van der Waals surface area contributed by atoms with Gasteiger partial charge in [0.2, 0.25) is 0 Å². The smallest absolute Gasteiger partial charge is 0.0933 e. The third kappa shape index (κ3) is 5.55. The summed E-state index contributed by atoms with van der Waals surface area (Å²) in [6, 6.07) is 10.6. The molecule has 0 aliphatic carbocycles. The van der Waals surface area contributed by atoms with E-state index in [1.807, 2.05) is 18.2 Å². The lowest BCUT2D eigenvalue weighted by molar-refractivity contribution is 0.00336. The molecular formula is C13H21NO. The van der Waals surface area contributed by atoms with Crippen LogP contribution in [0.1, 0.15) is 32.8 Å². The molecule has 0 spiro atoms. The normalized spacial score (nSPS) is 13.1. The van der Waals surface area contributed by atoms with Crippen LogP contribution in [0.4, 0.5) is 0 Å². The predicted molar refractivity (Wildman–Crippen MR) is 63.3 cm³/mol. The maximum absolute atomic E-state index is 5.43. The zero-order chi connectivity index (χ0) is 11.1. The van der Waals surface area contributed by atoms with Gasteiger partial charge in [-0.15, -0.1) is 0 Å². The summed E-state index contributed by atoms with van der Waals surface area (Å²) in [6.07, 6.45) is 1.13. The second-order valence-corrected chi connectivity index (χ2v) is 4.42. The fraction of sp³-hybridized carbons (Fsp3) is 0.538. The molecule has 1 N–H and O–H groups in total. The van der Waals surface area contributed by atoms with Crippen LogP contribution in [0.2, 0.25) is 0 Å². The van der Waals surface area contributed by atoms with Gasteiger partial charge in [0.25, 0.3) is 0 Å². The Morgan fingerprint density at radius 3 is 2.40 bits per heavy atom. The Morgan fingerprint density at radius 2 is 1.80 bits per heavy atom. The third-order valence-electron chi connectivity index (χ3n) is 2.19. The molecule has 0 amide bonds. The van der Waals surface area contributed by atoms with Gasteiger partial charge in [-0.25, -0.2) is 0 Å². The van der Waals surface area contributed by atoms with E-state index in [1.165, 1.54) is 5.56 Å². The van der Waals surface area contributed by atoms with Gasteiger partial charge in [-0.1, -0.05) is 44.2 Å². The molecule has 15 heavy (non-hydrogen) atoms. The summed E-state index contributed by atoms with van der Waals surface area (Å²) in [5, 5.41) is 0. The lowest BCUT2D eigenvalue weighted by atomic mass is 10.1. The van der Waals surface area contributed by atoms with Gasteiger partial charge in [0.15, 0.2) is 0 Å². The van der Waals surface area contributed by atoms with Crippen LogP contribution in [0.15, 0.2) is 30.3 Å². The minimum absolute atomic E-state index is 0.411. The van der Waals surface area contributed by atoms with Crippen molar-refractivity contribution < 1.29 is 4.84 Å². The van der Waals surface area contributed by atoms with Gasteiger partial charge in [-0.2, -0.15) is 5.48 Å². The first-order valence-electron chi connectivity index (χ1n) is 5.59. The molecule has 1 atom stereocenters. The summed E-state index contributed by atoms with van der Waals surface area (Å²) in [4.78, 5) is 5.43. The molecule has 0 fully saturated rings. The van der Waals surface area contributed by atoms with Crippen molar-refractivity contribution in [3.63, 3.8) is 0 Å². The van der Waals surface area contributed by atoms with Gasteiger partial charge in [-0.3, -0.25) is 4.84 Å². The van der Waals surface area contributed by atoms with Crippen molar-refractivity contribution in [1.82, 2.24) is 5.48 Å². The highest BCUT2D eigenvalue weighted by Gasteiger charge is 2.03. The lowest BCUT2D eigenvalue weighted by Gasteiger charge is -2.15. The Morgan fingerprint density at radius 1 is 1.13 bits per heavy atom. The minimum atomic E-state index is 0.411. The largest absolute Gasteiger partial charge is 0.297 e. The van der Waals surface area contributed by atoms with Crippen molar-refractivity contribution in [2.24, 2.45) is 5.92 Å². The van der Waals surface area contributed by atoms with E-state index < -0.39 is 0 Å². The van der Waals surface area contributed by atoms with Gasteiger partial charge in [0, 0.05) is 6.04 Å². The van der Waals surface area contributed by atoms with Gasteiger partial charge in [0.1, 0.15) is 0 Å². The number of rotatable bonds is 6. The van der Waals surface area contributed by atoms with Crippen LogP contribution in [0.5, 0.6) is 0 Å². The predicted octanol–water partition coefficient (Wildman–Crippen LogP) is 3.14. The summed E-state index contributed by atoms with van der Waals surface area (Å²) in [5.74, 6) is 0.702. The van der Waals surface area contributed by atoms with Gasteiger partial charge in [-0.05, 0) is 24.8 Å². The van der Waals surface area contributed by atoms with Crippen LogP contribution >= 0.6 is 0 Å². The van der Waals surface area contributed by atoms with Gasteiger partial charge >= 0.3 is 0 Å². The lowest BCUT2D eigenvalue weighted by Crippen LogP contribution is -2.27. The summed E-state index contributed by atoms with van der Waals surface area (Å²) in [7, 11) is 0. The van der Waals surface area contributed by atoms with Crippen molar-refractivity contribution in [2.45, 2.75) is 39.8 Å². The first-order valence-corrected chi connectivity index (χ1v) is 5.59. The Labute approximate surface area is 92.6 Å². The van der Waals surface area contributed by atoms with Crippen molar-refractivity contribution >= 4 is 0 Å². The minimum Gasteiger partial charge on any atom is -0.297 e. The molecule has 0 aromatic heterocycles. The molecule has 1 rings (SSSR count). The number of hydrogen-bond acceptors (Lipinski definition) is 2. The molecule has 2 heteroatoms. The topological polar surface area (TPSA) is 21.3 Å². The van der Waals surface area contributed by atoms with Crippen LogP contribution in [0.3, 0.4) is 0 Å². The number of hydrogen-bond donors (Lipinski definition) is 1. The van der Waals surface area contributed by atoms with E-state index >= 15 is 0 Å². The molecule has 84 valence electrons. The molecule has 1 aromatic carbocycles. The Kier molecular flexibility index (Phi) is 5.37. The van der Waals surface area contributed by atoms with Crippen LogP contribution < -0.4 is 5.48 Å². The van der Waals surface area contributed by atoms with Crippen molar-refractivity contribution in [3.8, 4) is 0 Å². The van der Waals surface area contributed by atoms with E-state index in [4.69, 9.17) is 4.84 Å². The third-order valence-corrected chi connectivity index (χ3v) is 2.19. The van der Waals surface area contributed by atoms with Gasteiger partial charge in [0.05, 0.1) is 6.61 Å². The van der Waals surface area contributed by atoms with E-state index in [2.05, 4.69) is 38.4 Å². The van der Waals surface area contributed by atoms with Crippen LogP contribution in [0.25, 0.3) is 0 Å². The average molecular weight is 207 g/mol. The summed E-state index contributed by atoms with van der Waals surface area (Å²) in [5.41, 5.74) is 4.26. The van der Waals surface area contributed by atoms with Gasteiger partial charge < -0.3 is 0 Å². The molecule has 0 heterocycles. The van der Waals surface area contributed by atoms with Crippen LogP contribution in [0, 0.1) is 5.92 Å². The molecule has 0 aliphatic rings.